The Kier molecular flexibility index (Phi) is 7.25. The number of nitrogens with one attached hydrogen (secondary N) is 3. The summed E-state index contributed by atoms with van der Waals surface area (Å²) in [6, 6.07) is -1.72. The molecule has 0 saturated heterocycles. The lowest BCUT2D eigenvalue weighted by Crippen LogP contribution is -2.47. The van der Waals surface area contributed by atoms with Crippen LogP contribution in [0.4, 0.5) is 9.59 Å². The molecule has 4 N–H and O–H groups in total. The highest BCUT2D eigenvalue weighted by Crippen LogP contribution is 1.89. The van der Waals surface area contributed by atoms with Crippen LogP contribution in [0.2, 0.25) is 0 Å². The number of carbonyl (C=O) groups excluding carboxylic acids is 2. The molecule has 0 aliphatic heterocycles. The number of carboxylic acid groups (broad SMARTS) is 1. The largest absolute Gasteiger partial charge is 0.480 e. The maximum atomic E-state index is 11.3. The summed E-state index contributed by atoms with van der Waals surface area (Å²) in [5.41, 5.74) is 0. The summed E-state index contributed by atoms with van der Waals surface area (Å²) >= 11 is 0. The van der Waals surface area contributed by atoms with Gasteiger partial charge in [0.25, 0.3) is 0 Å². The molecule has 8 heteroatoms. The number of hydrogen-bond acceptors (Lipinski definition) is 3. The van der Waals surface area contributed by atoms with E-state index in [-0.39, 0.29) is 19.1 Å². The van der Waals surface area contributed by atoms with Crippen molar-refractivity contribution in [3.63, 3.8) is 0 Å². The number of aliphatic carboxylic acids is 1. The third-order valence-corrected chi connectivity index (χ3v) is 2.10. The van der Waals surface area contributed by atoms with Crippen molar-refractivity contribution in [3.05, 3.63) is 0 Å². The molecule has 0 fully saturated rings. The molecule has 1 atom stereocenters. The van der Waals surface area contributed by atoms with E-state index in [2.05, 4.69) is 16.0 Å². The Hall–Kier alpha value is -1.99. The Morgan fingerprint density at radius 1 is 1.17 bits per heavy atom. The van der Waals surface area contributed by atoms with Gasteiger partial charge in [0.05, 0.1) is 0 Å². The van der Waals surface area contributed by atoms with Crippen molar-refractivity contribution >= 4 is 18.0 Å². The highest BCUT2D eigenvalue weighted by molar-refractivity contribution is 5.82. The third kappa shape index (κ3) is 6.56. The molecule has 0 spiro atoms. The lowest BCUT2D eigenvalue weighted by molar-refractivity contribution is -0.139. The van der Waals surface area contributed by atoms with Crippen LogP contribution in [0, 0.1) is 0 Å². The maximum Gasteiger partial charge on any atom is 0.326 e. The maximum absolute atomic E-state index is 11.3. The number of carboxylic acids is 1. The number of hydrogen-bond donors (Lipinski definition) is 4. The van der Waals surface area contributed by atoms with Gasteiger partial charge in [0.15, 0.2) is 0 Å². The fraction of sp³-hybridized carbons (Fsp3) is 0.700. The molecular formula is C10H20N4O4. The molecule has 4 amide bonds. The van der Waals surface area contributed by atoms with Crippen LogP contribution in [0.3, 0.4) is 0 Å². The Morgan fingerprint density at radius 3 is 2.17 bits per heavy atom. The van der Waals surface area contributed by atoms with E-state index in [9.17, 15) is 14.4 Å². The predicted molar refractivity (Wildman–Crippen MR) is 65.3 cm³/mol. The Morgan fingerprint density at radius 2 is 1.72 bits per heavy atom. The first-order valence-electron chi connectivity index (χ1n) is 5.60. The van der Waals surface area contributed by atoms with Gasteiger partial charge in [-0.15, -0.1) is 0 Å². The van der Waals surface area contributed by atoms with Crippen molar-refractivity contribution in [2.24, 2.45) is 0 Å². The van der Waals surface area contributed by atoms with Gasteiger partial charge in [-0.25, -0.2) is 14.4 Å². The summed E-state index contributed by atoms with van der Waals surface area (Å²) in [5.74, 6) is -1.08. The number of urea groups is 2. The summed E-state index contributed by atoms with van der Waals surface area (Å²) in [6.45, 7) is 2.16. The first-order chi connectivity index (χ1) is 8.38. The summed E-state index contributed by atoms with van der Waals surface area (Å²) in [5, 5.41) is 16.0. The SMILES string of the molecule is CC[C@H](NC(=O)NCCNC(=O)N(C)C)C(=O)O. The third-order valence-electron chi connectivity index (χ3n) is 2.10. The zero-order valence-corrected chi connectivity index (χ0v) is 10.8. The molecular weight excluding hydrogens is 240 g/mol. The fourth-order valence-electron chi connectivity index (χ4n) is 1.05. The van der Waals surface area contributed by atoms with Crippen LogP contribution in [0.5, 0.6) is 0 Å². The van der Waals surface area contributed by atoms with Gasteiger partial charge in [-0.1, -0.05) is 6.92 Å². The van der Waals surface area contributed by atoms with Crippen molar-refractivity contribution in [3.8, 4) is 0 Å². The second-order valence-corrected chi connectivity index (χ2v) is 3.83. The Labute approximate surface area is 106 Å². The molecule has 104 valence electrons. The van der Waals surface area contributed by atoms with Gasteiger partial charge in [-0.05, 0) is 6.42 Å². The van der Waals surface area contributed by atoms with Crippen LogP contribution in [0.15, 0.2) is 0 Å². The standard InChI is InChI=1S/C10H20N4O4/c1-4-7(8(15)16)13-9(17)11-5-6-12-10(18)14(2)3/h7H,4-6H2,1-3H3,(H,12,18)(H,15,16)(H2,11,13,17)/t7-/m0/s1. The van der Waals surface area contributed by atoms with E-state index in [4.69, 9.17) is 5.11 Å². The second kappa shape index (κ2) is 8.15. The van der Waals surface area contributed by atoms with Crippen molar-refractivity contribution in [2.45, 2.75) is 19.4 Å². The van der Waals surface area contributed by atoms with Gasteiger partial charge in [0, 0.05) is 27.2 Å². The molecule has 0 aliphatic carbocycles. The average molecular weight is 260 g/mol. The molecule has 0 saturated carbocycles. The van der Waals surface area contributed by atoms with Crippen molar-refractivity contribution in [1.29, 1.82) is 0 Å². The molecule has 0 bridgehead atoms. The van der Waals surface area contributed by atoms with E-state index >= 15 is 0 Å². The number of carbonyl (C=O) groups is 3. The van der Waals surface area contributed by atoms with Crippen LogP contribution in [-0.2, 0) is 4.79 Å². The Bertz CT molecular complexity index is 306. The number of nitrogens with zero attached hydrogens (tertiary/aromatic N) is 1. The van der Waals surface area contributed by atoms with Crippen molar-refractivity contribution < 1.29 is 19.5 Å². The lowest BCUT2D eigenvalue weighted by Gasteiger charge is -2.14. The normalized spacial score (nSPS) is 11.3. The van der Waals surface area contributed by atoms with Crippen LogP contribution >= 0.6 is 0 Å². The van der Waals surface area contributed by atoms with Crippen molar-refractivity contribution in [2.75, 3.05) is 27.2 Å². The molecule has 8 nitrogen and oxygen atoms in total. The minimum atomic E-state index is -1.08. The quantitative estimate of drug-likeness (QED) is 0.479. The molecule has 0 rings (SSSR count). The molecule has 0 aromatic carbocycles. The minimum Gasteiger partial charge on any atom is -0.480 e. The summed E-state index contributed by atoms with van der Waals surface area (Å²) in [6.07, 6.45) is 0.306. The number of amides is 4. The van der Waals surface area contributed by atoms with Crippen LogP contribution in [0.1, 0.15) is 13.3 Å². The second-order valence-electron chi connectivity index (χ2n) is 3.83. The van der Waals surface area contributed by atoms with Gasteiger partial charge in [-0.3, -0.25) is 0 Å². The van der Waals surface area contributed by atoms with E-state index < -0.39 is 18.0 Å². The zero-order valence-electron chi connectivity index (χ0n) is 10.8. The molecule has 0 aromatic heterocycles. The fourth-order valence-corrected chi connectivity index (χ4v) is 1.05. The summed E-state index contributed by atoms with van der Waals surface area (Å²) < 4.78 is 0. The average Bonchev–Trinajstić information content (AvgIpc) is 2.30. The van der Waals surface area contributed by atoms with Gasteiger partial charge in [0.1, 0.15) is 6.04 Å². The first-order valence-corrected chi connectivity index (χ1v) is 5.60. The summed E-state index contributed by atoms with van der Waals surface area (Å²) in [4.78, 5) is 34.4. The van der Waals surface area contributed by atoms with Gasteiger partial charge in [0.2, 0.25) is 0 Å². The molecule has 0 unspecified atom stereocenters. The highest BCUT2D eigenvalue weighted by Gasteiger charge is 2.16. The molecule has 18 heavy (non-hydrogen) atoms. The van der Waals surface area contributed by atoms with E-state index in [1.165, 1.54) is 4.90 Å². The van der Waals surface area contributed by atoms with E-state index in [1.807, 2.05) is 0 Å². The molecule has 0 heterocycles. The van der Waals surface area contributed by atoms with Crippen molar-refractivity contribution in [1.82, 2.24) is 20.9 Å². The van der Waals surface area contributed by atoms with Crippen LogP contribution in [-0.4, -0.2) is 61.3 Å². The van der Waals surface area contributed by atoms with Gasteiger partial charge in [-0.2, -0.15) is 0 Å². The lowest BCUT2D eigenvalue weighted by atomic mass is 10.2. The van der Waals surface area contributed by atoms with E-state index in [0.29, 0.717) is 6.42 Å². The van der Waals surface area contributed by atoms with E-state index in [1.54, 1.807) is 21.0 Å². The summed E-state index contributed by atoms with van der Waals surface area (Å²) in [7, 11) is 3.21. The minimum absolute atomic E-state index is 0.224. The van der Waals surface area contributed by atoms with Gasteiger partial charge >= 0.3 is 18.0 Å². The molecule has 0 aromatic rings. The monoisotopic (exact) mass is 260 g/mol. The first kappa shape index (κ1) is 16.0. The van der Waals surface area contributed by atoms with E-state index in [0.717, 1.165) is 0 Å². The Balaban J connectivity index is 3.78. The topological polar surface area (TPSA) is 111 Å². The van der Waals surface area contributed by atoms with Crippen LogP contribution < -0.4 is 16.0 Å². The zero-order chi connectivity index (χ0) is 14.1. The number of rotatable bonds is 6. The van der Waals surface area contributed by atoms with Gasteiger partial charge < -0.3 is 26.0 Å². The predicted octanol–water partition coefficient (Wildman–Crippen LogP) is -0.580. The molecule has 0 radical (unpaired) electrons. The van der Waals surface area contributed by atoms with Crippen LogP contribution in [0.25, 0.3) is 0 Å². The smallest absolute Gasteiger partial charge is 0.326 e. The highest BCUT2D eigenvalue weighted by atomic mass is 16.4. The molecule has 0 aliphatic rings.